The van der Waals surface area contributed by atoms with Crippen LogP contribution in [0.4, 0.5) is 34.3 Å². The van der Waals surface area contributed by atoms with Gasteiger partial charge in [-0.1, -0.05) is 114 Å². The summed E-state index contributed by atoms with van der Waals surface area (Å²) >= 11 is 0. The number of para-hydroxylation sites is 2. The van der Waals surface area contributed by atoms with Crippen LogP contribution in [0, 0.1) is 0 Å². The maximum atomic E-state index is 2.59. The van der Waals surface area contributed by atoms with Crippen molar-refractivity contribution in [2.24, 2.45) is 0 Å². The van der Waals surface area contributed by atoms with Gasteiger partial charge in [-0.25, -0.2) is 0 Å². The summed E-state index contributed by atoms with van der Waals surface area (Å²) in [7, 11) is 0. The van der Waals surface area contributed by atoms with E-state index < -0.39 is 0 Å². The smallest absolute Gasteiger partial charge is 0.276 e. The molecule has 256 valence electrons. The van der Waals surface area contributed by atoms with Crippen LogP contribution in [-0.2, 0) is 10.8 Å². The lowest BCUT2D eigenvalue weighted by Crippen LogP contribution is -2.64. The maximum absolute atomic E-state index is 2.59. The molecule has 0 saturated heterocycles. The molecule has 0 N–H and O–H groups in total. The molecule has 0 aliphatic carbocycles. The second-order valence-corrected chi connectivity index (χ2v) is 17.1. The van der Waals surface area contributed by atoms with E-state index in [-0.39, 0.29) is 17.5 Å². The van der Waals surface area contributed by atoms with Crippen molar-refractivity contribution in [3.63, 3.8) is 0 Å². The Morgan fingerprint density at radius 1 is 0.434 bits per heavy atom. The summed E-state index contributed by atoms with van der Waals surface area (Å²) in [5, 5.41) is 2.61. The number of hydrogen-bond acceptors (Lipinski definition) is 2. The largest absolute Gasteiger partial charge is 0.319 e. The van der Waals surface area contributed by atoms with E-state index in [0.717, 1.165) is 0 Å². The van der Waals surface area contributed by atoms with Crippen molar-refractivity contribution in [2.45, 2.75) is 52.4 Å². The summed E-state index contributed by atoms with van der Waals surface area (Å²) in [4.78, 5) is 5.11. The van der Waals surface area contributed by atoms with Crippen LogP contribution in [-0.4, -0.2) is 15.8 Å². The number of aromatic nitrogens is 2. The van der Waals surface area contributed by atoms with Crippen LogP contribution in [0.5, 0.6) is 0 Å². The number of rotatable bonds is 3. The molecule has 2 aromatic heterocycles. The van der Waals surface area contributed by atoms with Crippen LogP contribution in [0.1, 0.15) is 52.7 Å². The standard InChI is InChI=1S/C48H41BN4/c1-47(2,3)30-22-26-33(27-23-30)50-39-20-13-21-40-42(39)49-43-41-37(18-12-19-38(41)53-36-17-11-10-16-35(36)44(50)45(49)53)51(32-14-8-7-9-15-32)46(43)52(40)34-28-24-31(25-29-34)48(4,5)6/h7-29H,1-6H3. The molecule has 0 amide bonds. The molecule has 5 heterocycles. The molecule has 0 atom stereocenters. The van der Waals surface area contributed by atoms with Crippen LogP contribution in [0.25, 0.3) is 33.2 Å². The zero-order valence-corrected chi connectivity index (χ0v) is 31.1. The van der Waals surface area contributed by atoms with Gasteiger partial charge in [0.2, 0.25) is 0 Å². The SMILES string of the molecule is CC(C)(C)c1ccc(N2c3cccc4c3B3c5c(n(-c6ccccc6)c6cccc(c56)-n5c3c2c2ccccc25)N4c2ccc(C(C)(C)C)cc2)cc1. The molecular weight excluding hydrogens is 643 g/mol. The highest BCUT2D eigenvalue weighted by molar-refractivity contribution is 7.02. The van der Waals surface area contributed by atoms with E-state index in [1.54, 1.807) is 0 Å². The summed E-state index contributed by atoms with van der Waals surface area (Å²) in [5.74, 6) is 1.22. The monoisotopic (exact) mass is 684 g/mol. The highest BCUT2D eigenvalue weighted by Gasteiger charge is 2.51. The van der Waals surface area contributed by atoms with Gasteiger partial charge in [0, 0.05) is 44.8 Å². The normalized spacial score (nSPS) is 14.1. The predicted octanol–water partition coefficient (Wildman–Crippen LogP) is 10.6. The molecule has 0 spiro atoms. The van der Waals surface area contributed by atoms with Crippen molar-refractivity contribution in [1.29, 1.82) is 0 Å². The highest BCUT2D eigenvalue weighted by Crippen LogP contribution is 2.51. The fraction of sp³-hybridized carbons (Fsp3) is 0.167. The summed E-state index contributed by atoms with van der Waals surface area (Å²) < 4.78 is 5.11. The summed E-state index contributed by atoms with van der Waals surface area (Å²) in [6.45, 7) is 13.8. The van der Waals surface area contributed by atoms with E-state index in [1.807, 2.05) is 0 Å². The van der Waals surface area contributed by atoms with Crippen LogP contribution in [0.15, 0.2) is 140 Å². The van der Waals surface area contributed by atoms with Gasteiger partial charge in [-0.3, -0.25) is 9.47 Å². The average molecular weight is 685 g/mol. The molecule has 11 rings (SSSR count). The summed E-state index contributed by atoms with van der Waals surface area (Å²) in [6, 6.07) is 52.4. The number of anilines is 6. The van der Waals surface area contributed by atoms with Gasteiger partial charge in [-0.05, 0) is 99.6 Å². The Labute approximate surface area is 311 Å². The Kier molecular flexibility index (Phi) is 5.99. The molecule has 53 heavy (non-hydrogen) atoms. The van der Waals surface area contributed by atoms with Gasteiger partial charge in [-0.15, -0.1) is 0 Å². The number of hydrogen-bond donors (Lipinski definition) is 0. The Morgan fingerprint density at radius 3 is 1.64 bits per heavy atom. The molecule has 3 aliphatic heterocycles. The fourth-order valence-electron chi connectivity index (χ4n) is 9.49. The molecule has 0 fully saturated rings. The van der Waals surface area contributed by atoms with E-state index >= 15 is 0 Å². The zero-order valence-electron chi connectivity index (χ0n) is 31.1. The first-order chi connectivity index (χ1) is 25.6. The maximum Gasteiger partial charge on any atom is 0.276 e. The van der Waals surface area contributed by atoms with E-state index in [1.165, 1.54) is 95.1 Å². The van der Waals surface area contributed by atoms with Crippen LogP contribution in [0.3, 0.4) is 0 Å². The molecule has 0 unspecified atom stereocenters. The average Bonchev–Trinajstić information content (AvgIpc) is 3.69. The lowest BCUT2D eigenvalue weighted by Gasteiger charge is -2.44. The molecule has 6 aromatic carbocycles. The number of benzene rings is 6. The van der Waals surface area contributed by atoms with Crippen molar-refractivity contribution < 1.29 is 0 Å². The molecule has 5 heteroatoms. The fourth-order valence-corrected chi connectivity index (χ4v) is 9.49. The molecule has 3 aliphatic rings. The van der Waals surface area contributed by atoms with E-state index in [9.17, 15) is 0 Å². The number of fused-ring (bicyclic) bond motifs is 4. The molecule has 0 saturated carbocycles. The number of nitrogens with zero attached hydrogens (tertiary/aromatic N) is 4. The Hall–Kier alpha value is -5.94. The summed E-state index contributed by atoms with van der Waals surface area (Å²) in [6.07, 6.45) is 0. The Morgan fingerprint density at radius 2 is 0.981 bits per heavy atom. The van der Waals surface area contributed by atoms with Gasteiger partial charge < -0.3 is 9.47 Å². The Balaban J connectivity index is 1.30. The first-order valence-electron chi connectivity index (χ1n) is 18.9. The van der Waals surface area contributed by atoms with Gasteiger partial charge in [0.05, 0.1) is 22.4 Å². The van der Waals surface area contributed by atoms with Crippen molar-refractivity contribution >= 4 is 79.3 Å². The summed E-state index contributed by atoms with van der Waals surface area (Å²) in [5.41, 5.74) is 17.9. The van der Waals surface area contributed by atoms with Crippen LogP contribution >= 0.6 is 0 Å². The van der Waals surface area contributed by atoms with Gasteiger partial charge in [-0.2, -0.15) is 0 Å². The molecule has 4 nitrogen and oxygen atoms in total. The molecule has 8 aromatic rings. The lowest BCUT2D eigenvalue weighted by atomic mass is 9.34. The van der Waals surface area contributed by atoms with E-state index in [4.69, 9.17) is 0 Å². The van der Waals surface area contributed by atoms with Gasteiger partial charge in [0.25, 0.3) is 6.71 Å². The zero-order chi connectivity index (χ0) is 36.0. The topological polar surface area (TPSA) is 16.3 Å². The van der Waals surface area contributed by atoms with Crippen molar-refractivity contribution in [1.82, 2.24) is 9.13 Å². The Bertz CT molecular complexity index is 2790. The molecular formula is C48H41BN4. The second-order valence-electron chi connectivity index (χ2n) is 17.1. The van der Waals surface area contributed by atoms with Crippen molar-refractivity contribution in [3.05, 3.63) is 151 Å². The minimum atomic E-state index is 0.0520. The quantitative estimate of drug-likeness (QED) is 0.172. The molecule has 0 bridgehead atoms. The van der Waals surface area contributed by atoms with E-state index in [2.05, 4.69) is 200 Å². The van der Waals surface area contributed by atoms with E-state index in [0.29, 0.717) is 0 Å². The third-order valence-electron chi connectivity index (χ3n) is 11.9. The third-order valence-corrected chi connectivity index (χ3v) is 11.9. The predicted molar refractivity (Wildman–Crippen MR) is 225 cm³/mol. The van der Waals surface area contributed by atoms with Gasteiger partial charge >= 0.3 is 0 Å². The first kappa shape index (κ1) is 30.7. The minimum absolute atomic E-state index is 0.0520. The first-order valence-corrected chi connectivity index (χ1v) is 18.9. The van der Waals surface area contributed by atoms with Crippen molar-refractivity contribution in [2.75, 3.05) is 9.80 Å². The minimum Gasteiger partial charge on any atom is -0.319 e. The second kappa shape index (κ2) is 10.4. The van der Waals surface area contributed by atoms with Crippen LogP contribution < -0.4 is 26.3 Å². The van der Waals surface area contributed by atoms with Crippen molar-refractivity contribution in [3.8, 4) is 11.4 Å². The highest BCUT2D eigenvalue weighted by atomic mass is 15.3. The van der Waals surface area contributed by atoms with Gasteiger partial charge in [0.15, 0.2) is 0 Å². The van der Waals surface area contributed by atoms with Gasteiger partial charge in [0.1, 0.15) is 5.82 Å². The van der Waals surface area contributed by atoms with Crippen LogP contribution in [0.2, 0.25) is 0 Å². The lowest BCUT2D eigenvalue weighted by molar-refractivity contribution is 0.590. The third kappa shape index (κ3) is 4.03. The molecule has 0 radical (unpaired) electrons.